The fourth-order valence-corrected chi connectivity index (χ4v) is 1.70. The van der Waals surface area contributed by atoms with E-state index in [2.05, 4.69) is 5.32 Å². The summed E-state index contributed by atoms with van der Waals surface area (Å²) in [5.74, 6) is -0.772. The van der Waals surface area contributed by atoms with E-state index in [9.17, 15) is 13.6 Å². The van der Waals surface area contributed by atoms with E-state index in [4.69, 9.17) is 9.47 Å². The fraction of sp³-hybridized carbons (Fsp3) is 0.188. The van der Waals surface area contributed by atoms with Crippen molar-refractivity contribution in [3.63, 3.8) is 0 Å². The van der Waals surface area contributed by atoms with Gasteiger partial charge in [0.1, 0.15) is 29.7 Å². The molecule has 22 heavy (non-hydrogen) atoms. The van der Waals surface area contributed by atoms with E-state index in [1.807, 2.05) is 0 Å². The zero-order valence-corrected chi connectivity index (χ0v) is 11.9. The number of ether oxygens (including phenoxy) is 2. The van der Waals surface area contributed by atoms with E-state index in [1.165, 1.54) is 25.2 Å². The number of hydrogen-bond donors (Lipinski definition) is 1. The Hall–Kier alpha value is -2.63. The molecule has 2 rings (SSSR count). The molecule has 6 heteroatoms. The van der Waals surface area contributed by atoms with Crippen LogP contribution in [0, 0.1) is 11.6 Å². The Morgan fingerprint density at radius 3 is 2.27 bits per heavy atom. The molecule has 0 aliphatic rings. The third-order valence-corrected chi connectivity index (χ3v) is 2.90. The number of carbonyl (C=O) groups is 1. The Kier molecular flexibility index (Phi) is 5.30. The van der Waals surface area contributed by atoms with Crippen LogP contribution in [-0.4, -0.2) is 19.6 Å². The highest BCUT2D eigenvalue weighted by Crippen LogP contribution is 2.21. The summed E-state index contributed by atoms with van der Waals surface area (Å²) in [5, 5.41) is 2.43. The van der Waals surface area contributed by atoms with Crippen LogP contribution in [0.2, 0.25) is 0 Å². The Morgan fingerprint density at radius 2 is 1.64 bits per heavy atom. The van der Waals surface area contributed by atoms with Crippen LogP contribution in [0.3, 0.4) is 0 Å². The minimum Gasteiger partial charge on any atom is -0.489 e. The monoisotopic (exact) mass is 307 g/mol. The molecule has 116 valence electrons. The Bertz CT molecular complexity index is 641. The fourth-order valence-electron chi connectivity index (χ4n) is 1.70. The first-order valence-electron chi connectivity index (χ1n) is 6.59. The van der Waals surface area contributed by atoms with E-state index >= 15 is 0 Å². The van der Waals surface area contributed by atoms with Crippen molar-refractivity contribution in [2.45, 2.75) is 6.61 Å². The highest BCUT2D eigenvalue weighted by Gasteiger charge is 2.09. The average Bonchev–Trinajstić information content (AvgIpc) is 2.52. The molecule has 0 spiro atoms. The zero-order valence-electron chi connectivity index (χ0n) is 11.9. The molecule has 0 heterocycles. The molecule has 0 aliphatic carbocycles. The number of amides is 1. The van der Waals surface area contributed by atoms with Crippen LogP contribution < -0.4 is 14.8 Å². The van der Waals surface area contributed by atoms with Gasteiger partial charge in [0, 0.05) is 13.1 Å². The van der Waals surface area contributed by atoms with E-state index in [-0.39, 0.29) is 24.7 Å². The van der Waals surface area contributed by atoms with E-state index in [0.717, 1.165) is 0 Å². The molecule has 0 saturated carbocycles. The van der Waals surface area contributed by atoms with Gasteiger partial charge in [0.15, 0.2) is 6.61 Å². The summed E-state index contributed by atoms with van der Waals surface area (Å²) in [7, 11) is 1.51. The van der Waals surface area contributed by atoms with Crippen molar-refractivity contribution in [1.29, 1.82) is 0 Å². The second kappa shape index (κ2) is 7.40. The van der Waals surface area contributed by atoms with Gasteiger partial charge in [-0.2, -0.15) is 0 Å². The predicted octanol–water partition coefficient (Wildman–Crippen LogP) is 2.67. The molecule has 1 N–H and O–H groups in total. The van der Waals surface area contributed by atoms with Gasteiger partial charge in [-0.15, -0.1) is 0 Å². The van der Waals surface area contributed by atoms with Crippen molar-refractivity contribution >= 4 is 5.91 Å². The second-order valence-electron chi connectivity index (χ2n) is 4.43. The number of halogens is 2. The number of hydrogen-bond acceptors (Lipinski definition) is 3. The van der Waals surface area contributed by atoms with Crippen LogP contribution in [0.1, 0.15) is 5.56 Å². The summed E-state index contributed by atoms with van der Waals surface area (Å²) in [5.41, 5.74) is -0.140. The lowest BCUT2D eigenvalue weighted by Crippen LogP contribution is -2.24. The third kappa shape index (κ3) is 4.18. The Balaban J connectivity index is 2.00. The zero-order chi connectivity index (χ0) is 15.9. The molecule has 0 bridgehead atoms. The lowest BCUT2D eigenvalue weighted by Gasteiger charge is -2.10. The molecular weight excluding hydrogens is 292 g/mol. The number of carbonyl (C=O) groups excluding carboxylic acids is 1. The maximum absolute atomic E-state index is 13.5. The highest BCUT2D eigenvalue weighted by atomic mass is 19.1. The first kappa shape index (κ1) is 15.8. The van der Waals surface area contributed by atoms with Gasteiger partial charge < -0.3 is 14.8 Å². The Morgan fingerprint density at radius 1 is 1.05 bits per heavy atom. The van der Waals surface area contributed by atoms with Gasteiger partial charge in [0.2, 0.25) is 0 Å². The third-order valence-electron chi connectivity index (χ3n) is 2.90. The average molecular weight is 307 g/mol. The van der Waals surface area contributed by atoms with Crippen molar-refractivity contribution in [2.24, 2.45) is 0 Å². The summed E-state index contributed by atoms with van der Waals surface area (Å²) >= 11 is 0. The van der Waals surface area contributed by atoms with E-state index in [1.54, 1.807) is 24.3 Å². The molecule has 0 unspecified atom stereocenters. The minimum atomic E-state index is -0.660. The molecule has 0 aliphatic heterocycles. The summed E-state index contributed by atoms with van der Waals surface area (Å²) in [6.07, 6.45) is 0. The molecule has 0 fully saturated rings. The maximum atomic E-state index is 13.5. The van der Waals surface area contributed by atoms with Crippen LogP contribution in [0.5, 0.6) is 11.5 Å². The van der Waals surface area contributed by atoms with Crippen molar-refractivity contribution in [1.82, 2.24) is 5.32 Å². The largest absolute Gasteiger partial charge is 0.489 e. The quantitative estimate of drug-likeness (QED) is 0.892. The summed E-state index contributed by atoms with van der Waals surface area (Å²) in [6.45, 7) is -0.362. The van der Waals surface area contributed by atoms with Gasteiger partial charge in [-0.3, -0.25) is 4.79 Å². The molecule has 0 aromatic heterocycles. The molecule has 0 radical (unpaired) electrons. The standard InChI is InChI=1S/C16H15F2NO3/c1-19-16(20)10-22-12-5-2-4-11(8-12)21-9-13-14(17)6-3-7-15(13)18/h2-8H,9-10H2,1H3,(H,19,20). The van der Waals surface area contributed by atoms with E-state index in [0.29, 0.717) is 11.5 Å². The van der Waals surface area contributed by atoms with Crippen LogP contribution in [0.25, 0.3) is 0 Å². The van der Waals surface area contributed by atoms with Gasteiger partial charge in [0.05, 0.1) is 5.56 Å². The first-order valence-corrected chi connectivity index (χ1v) is 6.59. The molecular formula is C16H15F2NO3. The summed E-state index contributed by atoms with van der Waals surface area (Å²) in [4.78, 5) is 11.1. The van der Waals surface area contributed by atoms with Crippen molar-refractivity contribution < 1.29 is 23.0 Å². The number of benzene rings is 2. The van der Waals surface area contributed by atoms with Gasteiger partial charge in [-0.1, -0.05) is 12.1 Å². The SMILES string of the molecule is CNC(=O)COc1cccc(OCc2c(F)cccc2F)c1. The van der Waals surface area contributed by atoms with Crippen molar-refractivity contribution in [2.75, 3.05) is 13.7 Å². The van der Waals surface area contributed by atoms with Crippen LogP contribution in [0.15, 0.2) is 42.5 Å². The van der Waals surface area contributed by atoms with Crippen LogP contribution in [-0.2, 0) is 11.4 Å². The molecule has 2 aromatic rings. The predicted molar refractivity (Wildman–Crippen MR) is 76.7 cm³/mol. The van der Waals surface area contributed by atoms with Gasteiger partial charge in [-0.25, -0.2) is 8.78 Å². The molecule has 1 amide bonds. The lowest BCUT2D eigenvalue weighted by atomic mass is 10.2. The van der Waals surface area contributed by atoms with Crippen molar-refractivity contribution in [3.8, 4) is 11.5 Å². The van der Waals surface area contributed by atoms with Crippen LogP contribution >= 0.6 is 0 Å². The Labute approximate surface area is 126 Å². The maximum Gasteiger partial charge on any atom is 0.257 e. The van der Waals surface area contributed by atoms with Crippen molar-refractivity contribution in [3.05, 3.63) is 59.7 Å². The topological polar surface area (TPSA) is 47.6 Å². The summed E-state index contributed by atoms with van der Waals surface area (Å²) < 4.78 is 37.6. The molecule has 0 saturated heterocycles. The van der Waals surface area contributed by atoms with E-state index < -0.39 is 11.6 Å². The molecule has 2 aromatic carbocycles. The number of rotatable bonds is 6. The first-order chi connectivity index (χ1) is 10.6. The molecule has 4 nitrogen and oxygen atoms in total. The lowest BCUT2D eigenvalue weighted by molar-refractivity contribution is -0.122. The van der Waals surface area contributed by atoms with Gasteiger partial charge in [0.25, 0.3) is 5.91 Å². The summed E-state index contributed by atoms with van der Waals surface area (Å²) in [6, 6.07) is 10.1. The van der Waals surface area contributed by atoms with Gasteiger partial charge >= 0.3 is 0 Å². The second-order valence-corrected chi connectivity index (χ2v) is 4.43. The smallest absolute Gasteiger partial charge is 0.257 e. The number of likely N-dealkylation sites (N-methyl/N-ethyl adjacent to an activating group) is 1. The minimum absolute atomic E-state index is 0.123. The molecule has 0 atom stereocenters. The van der Waals surface area contributed by atoms with Gasteiger partial charge in [-0.05, 0) is 24.3 Å². The number of nitrogens with one attached hydrogen (secondary N) is 1. The normalized spacial score (nSPS) is 10.1. The highest BCUT2D eigenvalue weighted by molar-refractivity contribution is 5.77. The van der Waals surface area contributed by atoms with Crippen LogP contribution in [0.4, 0.5) is 8.78 Å².